The number of rotatable bonds is 5. The molecule has 1 atom stereocenters. The smallest absolute Gasteiger partial charge is 0.145 e. The summed E-state index contributed by atoms with van der Waals surface area (Å²) in [6, 6.07) is 6.19. The van der Waals surface area contributed by atoms with Crippen molar-refractivity contribution in [3.05, 3.63) is 29.3 Å². The first-order chi connectivity index (χ1) is 8.45. The normalized spacial score (nSPS) is 13.7. The number of amidine groups is 1. The maximum Gasteiger partial charge on any atom is 0.145 e. The van der Waals surface area contributed by atoms with Crippen LogP contribution in [0.5, 0.6) is 5.75 Å². The molecule has 0 amide bonds. The zero-order valence-electron chi connectivity index (χ0n) is 11.5. The van der Waals surface area contributed by atoms with Crippen LogP contribution in [-0.4, -0.2) is 17.6 Å². The summed E-state index contributed by atoms with van der Waals surface area (Å²) >= 11 is 0. The van der Waals surface area contributed by atoms with E-state index >= 15 is 0 Å². The van der Waals surface area contributed by atoms with E-state index in [4.69, 9.17) is 15.7 Å². The summed E-state index contributed by atoms with van der Waals surface area (Å²) in [7, 11) is 0. The molecule has 0 aliphatic heterocycles. The highest BCUT2D eigenvalue weighted by molar-refractivity contribution is 5.81. The number of nitrogens with two attached hydrogens (primary N) is 1. The fourth-order valence-electron chi connectivity index (χ4n) is 1.64. The lowest BCUT2D eigenvalue weighted by Crippen LogP contribution is -2.26. The maximum absolute atomic E-state index is 8.60. The monoisotopic (exact) mass is 250 g/mol. The van der Waals surface area contributed by atoms with Gasteiger partial charge in [0.1, 0.15) is 11.6 Å². The van der Waals surface area contributed by atoms with Crippen LogP contribution in [0.1, 0.15) is 37.8 Å². The van der Waals surface area contributed by atoms with Gasteiger partial charge in [-0.2, -0.15) is 0 Å². The Hall–Kier alpha value is -1.71. The van der Waals surface area contributed by atoms with Crippen LogP contribution >= 0.6 is 0 Å². The summed E-state index contributed by atoms with van der Waals surface area (Å²) in [5.41, 5.74) is 7.86. The van der Waals surface area contributed by atoms with Gasteiger partial charge in [-0.05, 0) is 30.0 Å². The first kappa shape index (κ1) is 14.4. The molecular weight excluding hydrogens is 228 g/mol. The fourth-order valence-corrected chi connectivity index (χ4v) is 1.64. The Morgan fingerprint density at radius 1 is 1.39 bits per heavy atom. The van der Waals surface area contributed by atoms with Crippen molar-refractivity contribution < 1.29 is 9.94 Å². The minimum Gasteiger partial charge on any atom is -0.493 e. The second-order valence-electron chi connectivity index (χ2n) is 4.93. The van der Waals surface area contributed by atoms with Gasteiger partial charge in [-0.15, -0.1) is 0 Å². The van der Waals surface area contributed by atoms with Gasteiger partial charge in [0.25, 0.3) is 0 Å². The fraction of sp³-hybridized carbons (Fsp3) is 0.500. The van der Waals surface area contributed by atoms with E-state index in [9.17, 15) is 0 Å². The van der Waals surface area contributed by atoms with E-state index in [0.717, 1.165) is 11.3 Å². The van der Waals surface area contributed by atoms with E-state index in [1.54, 1.807) is 0 Å². The van der Waals surface area contributed by atoms with Crippen molar-refractivity contribution in [3.8, 4) is 5.75 Å². The van der Waals surface area contributed by atoms with Crippen molar-refractivity contribution in [1.82, 2.24) is 0 Å². The molecule has 1 rings (SSSR count). The maximum atomic E-state index is 8.60. The van der Waals surface area contributed by atoms with Crippen LogP contribution in [0.25, 0.3) is 0 Å². The zero-order chi connectivity index (χ0) is 13.7. The third-order valence-electron chi connectivity index (χ3n) is 2.90. The average Bonchev–Trinajstić information content (AvgIpc) is 2.34. The number of hydrogen-bond donors (Lipinski definition) is 2. The molecule has 0 saturated heterocycles. The first-order valence-electron chi connectivity index (χ1n) is 6.16. The number of aryl methyl sites for hydroxylation is 1. The summed E-state index contributed by atoms with van der Waals surface area (Å²) in [6.07, 6.45) is 0. The Morgan fingerprint density at radius 3 is 2.61 bits per heavy atom. The van der Waals surface area contributed by atoms with Crippen molar-refractivity contribution in [2.24, 2.45) is 16.8 Å². The minimum absolute atomic E-state index is 0.115. The first-order valence-corrected chi connectivity index (χ1v) is 6.16. The molecule has 18 heavy (non-hydrogen) atoms. The van der Waals surface area contributed by atoms with E-state index in [1.165, 1.54) is 5.56 Å². The topological polar surface area (TPSA) is 67.8 Å². The molecular formula is C14H22N2O2. The van der Waals surface area contributed by atoms with Gasteiger partial charge in [0.2, 0.25) is 0 Å². The molecule has 0 radical (unpaired) electrons. The van der Waals surface area contributed by atoms with Gasteiger partial charge in [-0.25, -0.2) is 0 Å². The number of hydrogen-bond acceptors (Lipinski definition) is 3. The van der Waals surface area contributed by atoms with Crippen LogP contribution in [0.3, 0.4) is 0 Å². The van der Waals surface area contributed by atoms with Gasteiger partial charge >= 0.3 is 0 Å². The van der Waals surface area contributed by atoms with E-state index < -0.39 is 0 Å². The predicted molar refractivity (Wildman–Crippen MR) is 73.3 cm³/mol. The van der Waals surface area contributed by atoms with Crippen molar-refractivity contribution in [1.29, 1.82) is 0 Å². The lowest BCUT2D eigenvalue weighted by Gasteiger charge is -2.17. The Morgan fingerprint density at radius 2 is 2.06 bits per heavy atom. The number of benzene rings is 1. The minimum atomic E-state index is -0.115. The molecule has 0 bridgehead atoms. The number of oxime groups is 1. The summed E-state index contributed by atoms with van der Waals surface area (Å²) in [6.45, 7) is 8.55. The molecule has 1 aromatic carbocycles. The standard InChI is InChI=1S/C14H22N2O2/c1-9(2)12-6-5-10(3)7-13(12)18-8-11(4)14(15)16-17/h5-7,9,11,17H,8H2,1-4H3,(H2,15,16). The van der Waals surface area contributed by atoms with Crippen molar-refractivity contribution in [2.45, 2.75) is 33.6 Å². The molecule has 100 valence electrons. The van der Waals surface area contributed by atoms with E-state index in [2.05, 4.69) is 31.1 Å². The largest absolute Gasteiger partial charge is 0.493 e. The molecule has 4 nitrogen and oxygen atoms in total. The van der Waals surface area contributed by atoms with Gasteiger partial charge in [-0.1, -0.05) is 38.1 Å². The molecule has 0 saturated carbocycles. The Labute approximate surface area is 108 Å². The van der Waals surface area contributed by atoms with Gasteiger partial charge in [0.15, 0.2) is 0 Å². The summed E-state index contributed by atoms with van der Waals surface area (Å²) in [5.74, 6) is 1.35. The van der Waals surface area contributed by atoms with Crippen LogP contribution in [0, 0.1) is 12.8 Å². The molecule has 0 aromatic heterocycles. The second-order valence-corrected chi connectivity index (χ2v) is 4.93. The zero-order valence-corrected chi connectivity index (χ0v) is 11.5. The van der Waals surface area contributed by atoms with Crippen LogP contribution in [-0.2, 0) is 0 Å². The van der Waals surface area contributed by atoms with Gasteiger partial charge in [0, 0.05) is 0 Å². The van der Waals surface area contributed by atoms with Gasteiger partial charge in [-0.3, -0.25) is 0 Å². The predicted octanol–water partition coefficient (Wildman–Crippen LogP) is 2.88. The van der Waals surface area contributed by atoms with Crippen LogP contribution < -0.4 is 10.5 Å². The third-order valence-corrected chi connectivity index (χ3v) is 2.90. The molecule has 1 unspecified atom stereocenters. The van der Waals surface area contributed by atoms with Crippen LogP contribution in [0.15, 0.2) is 23.4 Å². The molecule has 1 aromatic rings. The van der Waals surface area contributed by atoms with Crippen molar-refractivity contribution in [2.75, 3.05) is 6.61 Å². The molecule has 0 spiro atoms. The van der Waals surface area contributed by atoms with Crippen molar-refractivity contribution in [3.63, 3.8) is 0 Å². The van der Waals surface area contributed by atoms with Crippen molar-refractivity contribution >= 4 is 5.84 Å². The molecule has 0 heterocycles. The lowest BCUT2D eigenvalue weighted by molar-refractivity contribution is 0.276. The molecule has 3 N–H and O–H groups in total. The summed E-state index contributed by atoms with van der Waals surface area (Å²) in [5, 5.41) is 11.6. The summed E-state index contributed by atoms with van der Waals surface area (Å²) in [4.78, 5) is 0. The van der Waals surface area contributed by atoms with Gasteiger partial charge < -0.3 is 15.7 Å². The molecule has 0 fully saturated rings. The highest BCUT2D eigenvalue weighted by Gasteiger charge is 2.12. The Balaban J connectivity index is 2.80. The van der Waals surface area contributed by atoms with E-state index in [1.807, 2.05) is 19.9 Å². The van der Waals surface area contributed by atoms with Crippen LogP contribution in [0.2, 0.25) is 0 Å². The third kappa shape index (κ3) is 3.65. The number of ether oxygens (including phenoxy) is 1. The highest BCUT2D eigenvalue weighted by Crippen LogP contribution is 2.27. The van der Waals surface area contributed by atoms with Crippen LogP contribution in [0.4, 0.5) is 0 Å². The molecule has 0 aliphatic rings. The molecule has 0 aliphatic carbocycles. The number of nitrogens with zero attached hydrogens (tertiary/aromatic N) is 1. The summed E-state index contributed by atoms with van der Waals surface area (Å²) < 4.78 is 5.79. The highest BCUT2D eigenvalue weighted by atomic mass is 16.5. The van der Waals surface area contributed by atoms with Gasteiger partial charge in [0.05, 0.1) is 12.5 Å². The van der Waals surface area contributed by atoms with E-state index in [0.29, 0.717) is 12.5 Å². The Kier molecular flexibility index (Phi) is 5.01. The lowest BCUT2D eigenvalue weighted by atomic mass is 10.0. The SMILES string of the molecule is Cc1ccc(C(C)C)c(OCC(C)/C(N)=N/O)c1. The second kappa shape index (κ2) is 6.28. The Bertz CT molecular complexity index is 428. The van der Waals surface area contributed by atoms with E-state index in [-0.39, 0.29) is 11.8 Å². The quantitative estimate of drug-likeness (QED) is 0.365. The molecule has 4 heteroatoms. The average molecular weight is 250 g/mol.